The van der Waals surface area contributed by atoms with Gasteiger partial charge in [0.1, 0.15) is 5.75 Å². The van der Waals surface area contributed by atoms with Crippen molar-refractivity contribution >= 4 is 11.6 Å². The van der Waals surface area contributed by atoms with Gasteiger partial charge in [0.2, 0.25) is 0 Å². The summed E-state index contributed by atoms with van der Waals surface area (Å²) in [5.74, 6) is 2.39. The lowest BCUT2D eigenvalue weighted by atomic mass is 9.71. The molecule has 0 bridgehead atoms. The third-order valence-electron chi connectivity index (χ3n) is 3.36. The Balaban J connectivity index is 2.07. The van der Waals surface area contributed by atoms with E-state index in [-0.39, 0.29) is 0 Å². The molecule has 1 aliphatic rings. The van der Waals surface area contributed by atoms with Crippen LogP contribution in [0.5, 0.6) is 5.75 Å². The van der Waals surface area contributed by atoms with Gasteiger partial charge in [-0.1, -0.05) is 11.6 Å². The molecule has 0 saturated heterocycles. The largest absolute Gasteiger partial charge is 0.496 e. The summed E-state index contributed by atoms with van der Waals surface area (Å²) in [7, 11) is 3.73. The minimum absolute atomic E-state index is 0.618. The van der Waals surface area contributed by atoms with Crippen LogP contribution in [-0.4, -0.2) is 20.7 Å². The van der Waals surface area contributed by atoms with E-state index in [0.717, 1.165) is 23.2 Å². The first-order chi connectivity index (χ1) is 7.74. The second-order valence-electron chi connectivity index (χ2n) is 4.48. The lowest BCUT2D eigenvalue weighted by molar-refractivity contribution is 0.253. The molecular weight excluding hydrogens is 222 g/mol. The Kier molecular flexibility index (Phi) is 3.72. The minimum atomic E-state index is 0.618. The summed E-state index contributed by atoms with van der Waals surface area (Å²) in [6.07, 6.45) is 2.47. The van der Waals surface area contributed by atoms with Crippen molar-refractivity contribution in [2.75, 3.05) is 20.7 Å². The second kappa shape index (κ2) is 5.07. The summed E-state index contributed by atoms with van der Waals surface area (Å²) in [6.45, 7) is 1.11. The zero-order valence-electron chi connectivity index (χ0n) is 9.79. The Morgan fingerprint density at radius 2 is 2.19 bits per heavy atom. The molecule has 2 nitrogen and oxygen atoms in total. The van der Waals surface area contributed by atoms with E-state index in [9.17, 15) is 0 Å². The summed E-state index contributed by atoms with van der Waals surface area (Å²) < 4.78 is 5.38. The maximum Gasteiger partial charge on any atom is 0.122 e. The van der Waals surface area contributed by atoms with E-state index in [1.54, 1.807) is 7.11 Å². The van der Waals surface area contributed by atoms with Crippen LogP contribution in [0.15, 0.2) is 18.2 Å². The highest BCUT2D eigenvalue weighted by molar-refractivity contribution is 6.30. The van der Waals surface area contributed by atoms with Crippen molar-refractivity contribution in [3.05, 3.63) is 28.8 Å². The van der Waals surface area contributed by atoms with Crippen molar-refractivity contribution < 1.29 is 4.74 Å². The maximum absolute atomic E-state index is 6.03. The highest BCUT2D eigenvalue weighted by Gasteiger charge is 2.31. The van der Waals surface area contributed by atoms with E-state index in [1.807, 2.05) is 25.2 Å². The van der Waals surface area contributed by atoms with Crippen LogP contribution in [0.4, 0.5) is 0 Å². The number of hydrogen-bond donors (Lipinski definition) is 1. The number of benzene rings is 1. The van der Waals surface area contributed by atoms with Crippen LogP contribution in [0.3, 0.4) is 0 Å². The first kappa shape index (κ1) is 11.7. The molecule has 0 radical (unpaired) electrons. The van der Waals surface area contributed by atoms with Gasteiger partial charge in [-0.25, -0.2) is 0 Å². The molecule has 3 heteroatoms. The molecule has 1 N–H and O–H groups in total. The molecule has 2 rings (SSSR count). The predicted octanol–water partition coefficient (Wildman–Crippen LogP) is 3.06. The molecule has 16 heavy (non-hydrogen) atoms. The molecule has 1 aromatic carbocycles. The first-order valence-electron chi connectivity index (χ1n) is 5.72. The number of methoxy groups -OCH3 is 1. The van der Waals surface area contributed by atoms with Gasteiger partial charge in [0.15, 0.2) is 0 Å². The normalized spacial score (nSPS) is 23.9. The number of halogens is 1. The number of rotatable bonds is 4. The van der Waals surface area contributed by atoms with Gasteiger partial charge in [-0.2, -0.15) is 0 Å². The van der Waals surface area contributed by atoms with E-state index >= 15 is 0 Å². The third-order valence-corrected chi connectivity index (χ3v) is 3.60. The van der Waals surface area contributed by atoms with Crippen molar-refractivity contribution in [1.82, 2.24) is 5.32 Å². The fourth-order valence-electron chi connectivity index (χ4n) is 2.47. The smallest absolute Gasteiger partial charge is 0.122 e. The molecule has 0 aliphatic heterocycles. The molecule has 0 aromatic heterocycles. The summed E-state index contributed by atoms with van der Waals surface area (Å²) >= 11 is 6.03. The number of ether oxygens (including phenoxy) is 1. The van der Waals surface area contributed by atoms with Gasteiger partial charge in [0.25, 0.3) is 0 Å². The van der Waals surface area contributed by atoms with Crippen molar-refractivity contribution in [2.45, 2.75) is 18.8 Å². The summed E-state index contributed by atoms with van der Waals surface area (Å²) in [5, 5.41) is 4.02. The standard InChI is InChI=1S/C13H18ClNO/c1-15-8-9-5-10(6-9)12-7-11(14)3-4-13(12)16-2/h3-4,7,9-10,15H,5-6,8H2,1-2H3. The summed E-state index contributed by atoms with van der Waals surface area (Å²) in [4.78, 5) is 0. The zero-order valence-corrected chi connectivity index (χ0v) is 10.6. The molecule has 0 atom stereocenters. The third kappa shape index (κ3) is 2.33. The van der Waals surface area contributed by atoms with Crippen LogP contribution in [0.2, 0.25) is 5.02 Å². The highest BCUT2D eigenvalue weighted by atomic mass is 35.5. The Hall–Kier alpha value is -0.730. The first-order valence-corrected chi connectivity index (χ1v) is 6.10. The Labute approximate surface area is 102 Å². The SMILES string of the molecule is CNCC1CC(c2cc(Cl)ccc2OC)C1. The fourth-order valence-corrected chi connectivity index (χ4v) is 2.65. The van der Waals surface area contributed by atoms with Crippen molar-refractivity contribution in [3.8, 4) is 5.75 Å². The molecule has 0 unspecified atom stereocenters. The van der Waals surface area contributed by atoms with Gasteiger partial charge in [0, 0.05) is 5.02 Å². The second-order valence-corrected chi connectivity index (χ2v) is 4.91. The van der Waals surface area contributed by atoms with Crippen LogP contribution in [0.1, 0.15) is 24.3 Å². The molecule has 1 fully saturated rings. The van der Waals surface area contributed by atoms with Gasteiger partial charge in [0.05, 0.1) is 7.11 Å². The molecule has 88 valence electrons. The van der Waals surface area contributed by atoms with Crippen LogP contribution >= 0.6 is 11.6 Å². The van der Waals surface area contributed by atoms with Gasteiger partial charge >= 0.3 is 0 Å². The molecule has 1 aliphatic carbocycles. The van der Waals surface area contributed by atoms with Gasteiger partial charge in [-0.05, 0) is 62.0 Å². The predicted molar refractivity (Wildman–Crippen MR) is 67.4 cm³/mol. The fraction of sp³-hybridized carbons (Fsp3) is 0.538. The van der Waals surface area contributed by atoms with Crippen LogP contribution in [0, 0.1) is 5.92 Å². The highest BCUT2D eigenvalue weighted by Crippen LogP contribution is 2.45. The lowest BCUT2D eigenvalue weighted by Crippen LogP contribution is -2.30. The van der Waals surface area contributed by atoms with Gasteiger partial charge in [-0.15, -0.1) is 0 Å². The number of nitrogens with one attached hydrogen (secondary N) is 1. The van der Waals surface area contributed by atoms with E-state index in [2.05, 4.69) is 5.32 Å². The van der Waals surface area contributed by atoms with Crippen LogP contribution < -0.4 is 10.1 Å². The monoisotopic (exact) mass is 239 g/mol. The maximum atomic E-state index is 6.03. The van der Waals surface area contributed by atoms with Crippen molar-refractivity contribution in [3.63, 3.8) is 0 Å². The number of hydrogen-bond acceptors (Lipinski definition) is 2. The van der Waals surface area contributed by atoms with Crippen molar-refractivity contribution in [2.24, 2.45) is 5.92 Å². The average Bonchev–Trinajstić information content (AvgIpc) is 2.23. The topological polar surface area (TPSA) is 21.3 Å². The molecule has 1 saturated carbocycles. The molecule has 0 amide bonds. The van der Waals surface area contributed by atoms with Crippen molar-refractivity contribution in [1.29, 1.82) is 0 Å². The van der Waals surface area contributed by atoms with Crippen LogP contribution in [0.25, 0.3) is 0 Å². The van der Waals surface area contributed by atoms with E-state index in [4.69, 9.17) is 16.3 Å². The summed E-state index contributed by atoms with van der Waals surface area (Å²) in [5.41, 5.74) is 1.27. The van der Waals surface area contributed by atoms with E-state index < -0.39 is 0 Å². The van der Waals surface area contributed by atoms with Gasteiger partial charge in [-0.3, -0.25) is 0 Å². The average molecular weight is 240 g/mol. The Morgan fingerprint density at radius 3 is 2.81 bits per heavy atom. The molecule has 1 aromatic rings. The Bertz CT molecular complexity index is 361. The lowest BCUT2D eigenvalue weighted by Gasteiger charge is -2.36. The van der Waals surface area contributed by atoms with Crippen LogP contribution in [-0.2, 0) is 0 Å². The molecule has 0 heterocycles. The molecule has 0 spiro atoms. The van der Waals surface area contributed by atoms with E-state index in [0.29, 0.717) is 5.92 Å². The van der Waals surface area contributed by atoms with Gasteiger partial charge < -0.3 is 10.1 Å². The summed E-state index contributed by atoms with van der Waals surface area (Å²) in [6, 6.07) is 5.89. The quantitative estimate of drug-likeness (QED) is 0.872. The minimum Gasteiger partial charge on any atom is -0.496 e. The molecular formula is C13H18ClNO. The van der Waals surface area contributed by atoms with E-state index in [1.165, 1.54) is 18.4 Å². The zero-order chi connectivity index (χ0) is 11.5. The Morgan fingerprint density at radius 1 is 1.44 bits per heavy atom.